The number of hydrogen-bond donors (Lipinski definition) is 2. The maximum absolute atomic E-state index is 13.3. The Balaban J connectivity index is 0.00000151. The van der Waals surface area contributed by atoms with Crippen LogP contribution in [0, 0.1) is 0 Å². The third-order valence-corrected chi connectivity index (χ3v) is 7.59. The first-order valence-corrected chi connectivity index (χ1v) is 14.1. The van der Waals surface area contributed by atoms with Crippen LogP contribution in [-0.4, -0.2) is 55.7 Å². The van der Waals surface area contributed by atoms with Crippen molar-refractivity contribution >= 4 is 40.8 Å². The van der Waals surface area contributed by atoms with E-state index in [0.717, 1.165) is 72.8 Å². The lowest BCUT2D eigenvalue weighted by atomic mass is 9.38. The van der Waals surface area contributed by atoms with Gasteiger partial charge < -0.3 is 20.0 Å². The van der Waals surface area contributed by atoms with Crippen molar-refractivity contribution in [1.29, 1.82) is 0 Å². The van der Waals surface area contributed by atoms with E-state index in [9.17, 15) is 9.59 Å². The first kappa shape index (κ1) is 26.6. The Morgan fingerprint density at radius 3 is 2.62 bits per heavy atom. The molecular formula is C30H35BN6O2. The van der Waals surface area contributed by atoms with E-state index >= 15 is 0 Å². The van der Waals surface area contributed by atoms with Crippen molar-refractivity contribution in [2.75, 3.05) is 11.9 Å². The van der Waals surface area contributed by atoms with Crippen LogP contribution in [0.25, 0.3) is 22.3 Å². The molecule has 0 spiro atoms. The number of rotatable bonds is 6. The van der Waals surface area contributed by atoms with Gasteiger partial charge in [-0.1, -0.05) is 32.6 Å². The highest BCUT2D eigenvalue weighted by atomic mass is 16.2. The Labute approximate surface area is 229 Å². The summed E-state index contributed by atoms with van der Waals surface area (Å²) in [5.41, 5.74) is 4.11. The number of piperidine rings is 1. The molecule has 0 bridgehead atoms. The molecule has 2 aliphatic rings. The lowest BCUT2D eigenvalue weighted by molar-refractivity contribution is -0.136. The molecule has 0 aliphatic carbocycles. The van der Waals surface area contributed by atoms with Gasteiger partial charge in [0.2, 0.25) is 18.6 Å². The van der Waals surface area contributed by atoms with Crippen molar-refractivity contribution in [2.24, 2.45) is 0 Å². The fraction of sp³-hybridized carbons (Fsp3) is 0.367. The lowest BCUT2D eigenvalue weighted by Gasteiger charge is -2.38. The number of likely N-dealkylation sites (tertiary alicyclic amines) is 1. The van der Waals surface area contributed by atoms with Crippen LogP contribution < -0.4 is 5.32 Å². The zero-order chi connectivity index (χ0) is 27.2. The number of anilines is 2. The average molecular weight is 522 g/mol. The molecule has 2 aliphatic heterocycles. The van der Waals surface area contributed by atoms with Crippen molar-refractivity contribution < 1.29 is 9.59 Å². The van der Waals surface area contributed by atoms with Gasteiger partial charge in [0, 0.05) is 48.0 Å². The summed E-state index contributed by atoms with van der Waals surface area (Å²) in [6.45, 7) is 4.88. The molecule has 5 heterocycles. The maximum Gasteiger partial charge on any atom is 0.232 e. The fourth-order valence-corrected chi connectivity index (χ4v) is 5.63. The number of pyridine rings is 1. The van der Waals surface area contributed by atoms with E-state index in [1.807, 2.05) is 62.4 Å². The first-order valence-electron chi connectivity index (χ1n) is 14.1. The average Bonchev–Trinajstić information content (AvgIpc) is 3.42. The van der Waals surface area contributed by atoms with Gasteiger partial charge in [-0.15, -0.1) is 0 Å². The monoisotopic (exact) mass is 522 g/mol. The van der Waals surface area contributed by atoms with E-state index in [1.54, 1.807) is 12.4 Å². The molecule has 0 unspecified atom stereocenters. The number of hydrogen-bond acceptors (Lipinski definition) is 6. The van der Waals surface area contributed by atoms with Crippen molar-refractivity contribution in [3.8, 4) is 11.4 Å². The Morgan fingerprint density at radius 2 is 1.85 bits per heavy atom. The van der Waals surface area contributed by atoms with Gasteiger partial charge >= 0.3 is 0 Å². The van der Waals surface area contributed by atoms with Gasteiger partial charge in [0.25, 0.3) is 0 Å². The van der Waals surface area contributed by atoms with E-state index in [4.69, 9.17) is 0 Å². The number of amides is 1. The van der Waals surface area contributed by atoms with Crippen molar-refractivity contribution in [3.05, 3.63) is 66.6 Å². The summed E-state index contributed by atoms with van der Waals surface area (Å²) < 4.78 is 0. The molecule has 3 aromatic heterocycles. The molecule has 8 nitrogen and oxygen atoms in total. The molecule has 9 heteroatoms. The van der Waals surface area contributed by atoms with E-state index in [0.29, 0.717) is 24.1 Å². The van der Waals surface area contributed by atoms with Gasteiger partial charge in [-0.25, -0.2) is 9.97 Å². The molecule has 0 saturated carbocycles. The highest BCUT2D eigenvalue weighted by Crippen LogP contribution is 2.30. The molecule has 39 heavy (non-hydrogen) atoms. The normalized spacial score (nSPS) is 16.1. The van der Waals surface area contributed by atoms with E-state index in [1.165, 1.54) is 0 Å². The summed E-state index contributed by atoms with van der Waals surface area (Å²) in [5, 5.41) is 4.23. The van der Waals surface area contributed by atoms with E-state index < -0.39 is 0 Å². The molecule has 1 aromatic carbocycles. The summed E-state index contributed by atoms with van der Waals surface area (Å²) in [6, 6.07) is 15.7. The minimum atomic E-state index is 0.00420. The molecule has 2 N–H and O–H groups in total. The number of nitrogens with zero attached hydrogens (tertiary/aromatic N) is 4. The summed E-state index contributed by atoms with van der Waals surface area (Å²) in [7, 11) is 0. The molecule has 6 rings (SSSR count). The number of H-pyrrole nitrogens is 1. The molecule has 4 aromatic rings. The Bertz CT molecular complexity index is 1430. The predicted octanol–water partition coefficient (Wildman–Crippen LogP) is 6.18. The van der Waals surface area contributed by atoms with Crippen molar-refractivity contribution in [3.63, 3.8) is 0 Å². The summed E-state index contributed by atoms with van der Waals surface area (Å²) in [4.78, 5) is 44.3. The van der Waals surface area contributed by atoms with Gasteiger partial charge in [0.15, 0.2) is 0 Å². The maximum atomic E-state index is 13.3. The van der Waals surface area contributed by atoms with Crippen LogP contribution in [-0.2, 0) is 4.79 Å². The largest absolute Gasteiger partial charge is 0.353 e. The van der Waals surface area contributed by atoms with Crippen LogP contribution in [0.5, 0.6) is 0 Å². The smallest absolute Gasteiger partial charge is 0.232 e. The Kier molecular flexibility index (Phi) is 8.34. The second kappa shape index (κ2) is 12.2. The standard InChI is InChI=1S/C28H29BN6O2.C2H6/c36-26-6-2-4-16-35(26)21-9-12-29(13-10-21)27(37)25-18-19-17-20(7-8-22(19)33-25)32-28-31-15-11-24(34-28)23-5-1-3-14-30-23;1-2/h1,3,5,7-8,11,14-15,17-18,21,33H,2,4,6,9-10,12-13,16H2,(H,31,32,34);1-2H3. The van der Waals surface area contributed by atoms with Crippen LogP contribution in [0.2, 0.25) is 12.6 Å². The lowest BCUT2D eigenvalue weighted by Crippen LogP contribution is -2.46. The van der Waals surface area contributed by atoms with E-state index in [2.05, 4.69) is 30.2 Å². The highest BCUT2D eigenvalue weighted by Gasteiger charge is 2.35. The number of nitrogens with one attached hydrogen (secondary N) is 2. The van der Waals surface area contributed by atoms with Gasteiger partial charge in [-0.2, -0.15) is 0 Å². The minimum Gasteiger partial charge on any atom is -0.353 e. The summed E-state index contributed by atoms with van der Waals surface area (Å²) >= 11 is 0. The second-order valence-corrected chi connectivity index (χ2v) is 10.0. The van der Waals surface area contributed by atoms with Crippen molar-refractivity contribution in [1.82, 2.24) is 24.8 Å². The Morgan fingerprint density at radius 1 is 1.00 bits per heavy atom. The third kappa shape index (κ3) is 6.03. The van der Waals surface area contributed by atoms with Crippen LogP contribution in [0.15, 0.2) is 60.9 Å². The zero-order valence-corrected chi connectivity index (χ0v) is 22.7. The van der Waals surface area contributed by atoms with Crippen LogP contribution >= 0.6 is 0 Å². The van der Waals surface area contributed by atoms with E-state index in [-0.39, 0.29) is 18.3 Å². The number of fused-ring (bicyclic) bond motifs is 1. The summed E-state index contributed by atoms with van der Waals surface area (Å²) in [5.74, 6) is 0.771. The number of benzene rings is 1. The topological polar surface area (TPSA) is 104 Å². The molecule has 2 saturated heterocycles. The van der Waals surface area contributed by atoms with Gasteiger partial charge in [0.05, 0.1) is 17.1 Å². The zero-order valence-electron chi connectivity index (χ0n) is 22.7. The van der Waals surface area contributed by atoms with Gasteiger partial charge in [0.1, 0.15) is 5.68 Å². The minimum absolute atomic E-state index is 0.00420. The molecule has 1 amide bonds. The first-order chi connectivity index (χ1) is 19.1. The highest BCUT2D eigenvalue weighted by molar-refractivity contribution is 6.92. The molecule has 2 fully saturated rings. The number of aromatic amines is 1. The quantitative estimate of drug-likeness (QED) is 0.293. The van der Waals surface area contributed by atoms with Crippen LogP contribution in [0.3, 0.4) is 0 Å². The van der Waals surface area contributed by atoms with Gasteiger partial charge in [-0.3, -0.25) is 9.78 Å². The summed E-state index contributed by atoms with van der Waals surface area (Å²) in [6.07, 6.45) is 9.71. The Hall–Kier alpha value is -4.01. The predicted molar refractivity (Wildman–Crippen MR) is 156 cm³/mol. The van der Waals surface area contributed by atoms with Gasteiger partial charge in [-0.05, 0) is 68.1 Å². The SMILES string of the molecule is CC.O=C(B1CCC(N2CCCCC2=O)CC1)c1cc2cc(Nc3nccc(-c4ccccn4)n3)ccc2[nH]1. The van der Waals surface area contributed by atoms with Crippen LogP contribution in [0.1, 0.15) is 56.4 Å². The molecular weight excluding hydrogens is 487 g/mol. The van der Waals surface area contributed by atoms with Crippen LogP contribution in [0.4, 0.5) is 11.6 Å². The second-order valence-electron chi connectivity index (χ2n) is 10.0. The number of aromatic nitrogens is 4. The number of carbonyl (C=O) groups excluding carboxylic acids is 2. The molecule has 0 radical (unpaired) electrons. The van der Waals surface area contributed by atoms with Crippen molar-refractivity contribution in [2.45, 2.75) is 64.6 Å². The fourth-order valence-electron chi connectivity index (χ4n) is 5.63. The molecule has 200 valence electrons. The molecule has 0 atom stereocenters. The third-order valence-electron chi connectivity index (χ3n) is 7.59. The number of carbonyl (C=O) groups is 2.